The summed E-state index contributed by atoms with van der Waals surface area (Å²) in [6.07, 6.45) is 0.629. The first-order valence-electron chi connectivity index (χ1n) is 5.27. The van der Waals surface area contributed by atoms with Gasteiger partial charge in [0.1, 0.15) is 6.61 Å². The van der Waals surface area contributed by atoms with Crippen LogP contribution in [0.3, 0.4) is 0 Å². The normalized spacial score (nSPS) is 27.2. The van der Waals surface area contributed by atoms with Crippen LogP contribution in [0.2, 0.25) is 0 Å². The number of hydrogen-bond donors (Lipinski definition) is 0. The van der Waals surface area contributed by atoms with Crippen LogP contribution in [0, 0.1) is 5.92 Å². The summed E-state index contributed by atoms with van der Waals surface area (Å²) in [4.78, 5) is 0. The van der Waals surface area contributed by atoms with Crippen molar-refractivity contribution in [2.45, 2.75) is 43.7 Å². The maximum atomic E-state index is 11.7. The van der Waals surface area contributed by atoms with Crippen molar-refractivity contribution in [3.63, 3.8) is 0 Å². The minimum Gasteiger partial charge on any atom is -0.372 e. The summed E-state index contributed by atoms with van der Waals surface area (Å²) in [5.41, 5.74) is 0. The van der Waals surface area contributed by atoms with Crippen LogP contribution in [0.1, 0.15) is 32.1 Å². The van der Waals surface area contributed by atoms with Gasteiger partial charge in [-0.25, -0.2) is 0 Å². The molecule has 0 aromatic rings. The Balaban J connectivity index is 1.97. The molecule has 0 N–H and O–H groups in total. The highest BCUT2D eigenvalue weighted by molar-refractivity contribution is 6.20. The lowest BCUT2D eigenvalue weighted by Crippen LogP contribution is -2.17. The van der Waals surface area contributed by atoms with Gasteiger partial charge in [-0.1, -0.05) is 6.42 Å². The Morgan fingerprint density at radius 3 is 2.53 bits per heavy atom. The Labute approximate surface area is 92.9 Å². The summed E-state index contributed by atoms with van der Waals surface area (Å²) in [6.45, 7) is -0.957. The lowest BCUT2D eigenvalue weighted by atomic mass is 10.0. The fourth-order valence-electron chi connectivity index (χ4n) is 1.95. The molecule has 1 aliphatic carbocycles. The number of rotatable bonds is 5. The Kier molecular flexibility index (Phi) is 5.19. The fraction of sp³-hybridized carbons (Fsp3) is 1.00. The van der Waals surface area contributed by atoms with Crippen molar-refractivity contribution in [2.24, 2.45) is 5.92 Å². The van der Waals surface area contributed by atoms with Gasteiger partial charge in [-0.3, -0.25) is 0 Å². The van der Waals surface area contributed by atoms with Crippen LogP contribution >= 0.6 is 11.6 Å². The van der Waals surface area contributed by atoms with E-state index >= 15 is 0 Å². The molecule has 0 saturated heterocycles. The van der Waals surface area contributed by atoms with Crippen LogP contribution in [0.15, 0.2) is 0 Å². The van der Waals surface area contributed by atoms with Gasteiger partial charge in [-0.2, -0.15) is 13.2 Å². The van der Waals surface area contributed by atoms with Crippen LogP contribution in [0.25, 0.3) is 0 Å². The second-order valence-electron chi connectivity index (χ2n) is 4.02. The zero-order valence-corrected chi connectivity index (χ0v) is 9.28. The molecular weight excluding hydrogens is 229 g/mol. The Hall–Kier alpha value is 0.0400. The maximum Gasteiger partial charge on any atom is 0.411 e. The molecule has 0 aromatic carbocycles. The lowest BCUT2D eigenvalue weighted by Gasteiger charge is -2.13. The molecule has 1 fully saturated rings. The Morgan fingerprint density at radius 1 is 1.27 bits per heavy atom. The molecule has 1 rings (SSSR count). The quantitative estimate of drug-likeness (QED) is 0.529. The first-order chi connectivity index (χ1) is 6.99. The van der Waals surface area contributed by atoms with Gasteiger partial charge in [0.25, 0.3) is 0 Å². The monoisotopic (exact) mass is 244 g/mol. The highest BCUT2D eigenvalue weighted by Crippen LogP contribution is 2.33. The third-order valence-corrected chi connectivity index (χ3v) is 3.27. The van der Waals surface area contributed by atoms with Gasteiger partial charge >= 0.3 is 6.18 Å². The van der Waals surface area contributed by atoms with Crippen LogP contribution in [-0.2, 0) is 4.74 Å². The van der Waals surface area contributed by atoms with Crippen molar-refractivity contribution in [3.8, 4) is 0 Å². The van der Waals surface area contributed by atoms with E-state index in [1.807, 2.05) is 0 Å². The lowest BCUT2D eigenvalue weighted by molar-refractivity contribution is -0.174. The zero-order valence-electron chi connectivity index (χ0n) is 8.52. The molecule has 2 atom stereocenters. The van der Waals surface area contributed by atoms with Crippen LogP contribution < -0.4 is 0 Å². The molecule has 0 aliphatic heterocycles. The van der Waals surface area contributed by atoms with E-state index in [9.17, 15) is 13.2 Å². The summed E-state index contributed by atoms with van der Waals surface area (Å²) >= 11 is 6.04. The molecule has 5 heteroatoms. The van der Waals surface area contributed by atoms with Crippen molar-refractivity contribution in [1.82, 2.24) is 0 Å². The van der Waals surface area contributed by atoms with Crippen LogP contribution in [0.5, 0.6) is 0 Å². The van der Waals surface area contributed by atoms with Crippen molar-refractivity contribution >= 4 is 11.6 Å². The van der Waals surface area contributed by atoms with Crippen molar-refractivity contribution in [1.29, 1.82) is 0 Å². The molecule has 15 heavy (non-hydrogen) atoms. The van der Waals surface area contributed by atoms with Gasteiger partial charge in [0.15, 0.2) is 0 Å². The molecule has 1 nitrogen and oxygen atoms in total. The summed E-state index contributed by atoms with van der Waals surface area (Å²) in [7, 11) is 0. The van der Waals surface area contributed by atoms with Gasteiger partial charge < -0.3 is 4.74 Å². The highest BCUT2D eigenvalue weighted by Gasteiger charge is 2.28. The summed E-state index contributed by atoms with van der Waals surface area (Å²) in [6, 6.07) is 0. The van der Waals surface area contributed by atoms with Crippen molar-refractivity contribution in [2.75, 3.05) is 13.2 Å². The van der Waals surface area contributed by atoms with E-state index in [4.69, 9.17) is 11.6 Å². The van der Waals surface area contributed by atoms with E-state index in [2.05, 4.69) is 4.74 Å². The summed E-state index contributed by atoms with van der Waals surface area (Å²) in [5, 5.41) is 0.215. The average Bonchev–Trinajstić information content (AvgIpc) is 2.49. The van der Waals surface area contributed by atoms with Gasteiger partial charge in [-0.05, 0) is 31.6 Å². The molecule has 1 aliphatic rings. The predicted molar refractivity (Wildman–Crippen MR) is 53.1 cm³/mol. The number of hydrogen-bond acceptors (Lipinski definition) is 1. The molecule has 0 amide bonds. The van der Waals surface area contributed by atoms with E-state index in [0.29, 0.717) is 12.3 Å². The second-order valence-corrected chi connectivity index (χ2v) is 4.58. The minimum absolute atomic E-state index is 0.180. The topological polar surface area (TPSA) is 9.23 Å². The smallest absolute Gasteiger partial charge is 0.372 e. The maximum absolute atomic E-state index is 11.7. The third-order valence-electron chi connectivity index (χ3n) is 2.70. The van der Waals surface area contributed by atoms with Crippen LogP contribution in [0.4, 0.5) is 13.2 Å². The molecule has 1 saturated carbocycles. The molecule has 0 bridgehead atoms. The molecule has 0 spiro atoms. The van der Waals surface area contributed by atoms with Crippen molar-refractivity contribution in [3.05, 3.63) is 0 Å². The molecular formula is C10H16ClF3O. The Morgan fingerprint density at radius 2 is 2.00 bits per heavy atom. The summed E-state index contributed by atoms with van der Waals surface area (Å²) < 4.78 is 39.6. The van der Waals surface area contributed by atoms with E-state index < -0.39 is 12.8 Å². The van der Waals surface area contributed by atoms with Crippen LogP contribution in [-0.4, -0.2) is 24.8 Å². The Bertz CT molecular complexity index is 184. The number of alkyl halides is 4. The SMILES string of the molecule is FC(F)(F)COCCCC1CCCC1Cl. The molecule has 2 unspecified atom stereocenters. The predicted octanol–water partition coefficient (Wildman–Crippen LogP) is 3.75. The van der Waals surface area contributed by atoms with Gasteiger partial charge in [0.2, 0.25) is 0 Å². The van der Waals surface area contributed by atoms with E-state index in [0.717, 1.165) is 25.7 Å². The van der Waals surface area contributed by atoms with E-state index in [1.54, 1.807) is 0 Å². The first kappa shape index (κ1) is 13.1. The van der Waals surface area contributed by atoms with Gasteiger partial charge in [0.05, 0.1) is 0 Å². The second kappa shape index (κ2) is 5.94. The fourth-order valence-corrected chi connectivity index (χ4v) is 2.36. The van der Waals surface area contributed by atoms with Gasteiger partial charge in [-0.15, -0.1) is 11.6 Å². The first-order valence-corrected chi connectivity index (χ1v) is 5.71. The van der Waals surface area contributed by atoms with Crippen molar-refractivity contribution < 1.29 is 17.9 Å². The third kappa shape index (κ3) is 5.61. The average molecular weight is 245 g/mol. The largest absolute Gasteiger partial charge is 0.411 e. The standard InChI is InChI=1S/C10H16ClF3O/c11-9-5-1-3-8(9)4-2-6-15-7-10(12,13)14/h8-9H,1-7H2. The molecule has 0 radical (unpaired) electrons. The summed E-state index contributed by atoms with van der Waals surface area (Å²) in [5.74, 6) is 0.473. The molecule has 0 heterocycles. The highest BCUT2D eigenvalue weighted by atomic mass is 35.5. The van der Waals surface area contributed by atoms with E-state index in [-0.39, 0.29) is 12.0 Å². The number of halogens is 4. The van der Waals surface area contributed by atoms with Gasteiger partial charge in [0, 0.05) is 12.0 Å². The molecule has 90 valence electrons. The minimum atomic E-state index is -4.21. The van der Waals surface area contributed by atoms with E-state index in [1.165, 1.54) is 0 Å². The zero-order chi connectivity index (χ0) is 11.3. The number of ether oxygens (including phenoxy) is 1. The molecule has 0 aromatic heterocycles.